The summed E-state index contributed by atoms with van der Waals surface area (Å²) in [5, 5.41) is 4.79. The van der Waals surface area contributed by atoms with Crippen LogP contribution >= 0.6 is 11.8 Å². The highest BCUT2D eigenvalue weighted by molar-refractivity contribution is 8.00. The van der Waals surface area contributed by atoms with Gasteiger partial charge in [0.2, 0.25) is 11.8 Å². The molecular formula is C24H26FN3O3S. The molecule has 0 bridgehead atoms. The Balaban J connectivity index is 1.80. The van der Waals surface area contributed by atoms with E-state index in [1.165, 1.54) is 28.8 Å². The van der Waals surface area contributed by atoms with Gasteiger partial charge in [0.05, 0.1) is 10.8 Å². The molecular weight excluding hydrogens is 429 g/mol. The number of carbonyl (C=O) groups is 2. The highest BCUT2D eigenvalue weighted by atomic mass is 32.2. The van der Waals surface area contributed by atoms with Gasteiger partial charge in [-0.25, -0.2) is 4.39 Å². The lowest BCUT2D eigenvalue weighted by molar-refractivity contribution is -0.125. The molecule has 0 saturated carbocycles. The summed E-state index contributed by atoms with van der Waals surface area (Å²) in [6.45, 7) is 3.54. The molecule has 0 unspecified atom stereocenters. The second kappa shape index (κ2) is 9.75. The molecule has 0 spiro atoms. The zero-order valence-electron chi connectivity index (χ0n) is 18.1. The number of anilines is 1. The number of para-hydroxylation sites is 1. The zero-order valence-corrected chi connectivity index (χ0v) is 19.0. The van der Waals surface area contributed by atoms with Crippen molar-refractivity contribution in [3.05, 3.63) is 59.9 Å². The highest BCUT2D eigenvalue weighted by Gasteiger charge is 2.39. The van der Waals surface area contributed by atoms with Crippen molar-refractivity contribution < 1.29 is 18.7 Å². The van der Waals surface area contributed by atoms with E-state index in [0.717, 1.165) is 21.5 Å². The van der Waals surface area contributed by atoms with Gasteiger partial charge in [0.1, 0.15) is 11.9 Å². The van der Waals surface area contributed by atoms with Crippen molar-refractivity contribution in [2.24, 2.45) is 7.05 Å². The number of aryl methyl sites for hydroxylation is 1. The monoisotopic (exact) mass is 455 g/mol. The van der Waals surface area contributed by atoms with E-state index in [0.29, 0.717) is 31.9 Å². The van der Waals surface area contributed by atoms with Crippen molar-refractivity contribution >= 4 is 40.2 Å². The maximum Gasteiger partial charge on any atom is 0.247 e. The van der Waals surface area contributed by atoms with Gasteiger partial charge in [-0.05, 0) is 43.7 Å². The molecule has 6 nitrogen and oxygen atoms in total. The van der Waals surface area contributed by atoms with Crippen LogP contribution in [-0.4, -0.2) is 41.9 Å². The number of hydrogen-bond acceptors (Lipinski definition) is 4. The predicted molar refractivity (Wildman–Crippen MR) is 124 cm³/mol. The standard InChI is InChI=1S/C24H26FN3O3S/c1-3-31-14-6-13-26-23(30)22-21-18-7-4-5-8-19(18)27(2)24(21)32-15-20(29)28(22)17-11-9-16(25)10-12-17/h4-5,7-12,22H,3,6,13-15H2,1-2H3,(H,26,30)/t22-/m1/s1. The summed E-state index contributed by atoms with van der Waals surface area (Å²) in [6, 6.07) is 12.7. The number of carbonyl (C=O) groups excluding carboxylic acids is 2. The van der Waals surface area contributed by atoms with E-state index in [9.17, 15) is 14.0 Å². The Morgan fingerprint density at radius 1 is 1.22 bits per heavy atom. The molecule has 0 fully saturated rings. The van der Waals surface area contributed by atoms with Crippen LogP contribution in [0.3, 0.4) is 0 Å². The number of benzene rings is 2. The molecule has 2 amide bonds. The number of hydrogen-bond donors (Lipinski definition) is 1. The summed E-state index contributed by atoms with van der Waals surface area (Å²) in [6.07, 6.45) is 0.675. The van der Waals surface area contributed by atoms with Crippen molar-refractivity contribution in [1.29, 1.82) is 0 Å². The summed E-state index contributed by atoms with van der Waals surface area (Å²) in [7, 11) is 1.95. The third-order valence-electron chi connectivity index (χ3n) is 5.55. The van der Waals surface area contributed by atoms with Gasteiger partial charge in [-0.1, -0.05) is 30.0 Å². The van der Waals surface area contributed by atoms with Gasteiger partial charge in [-0.15, -0.1) is 0 Å². The van der Waals surface area contributed by atoms with E-state index in [-0.39, 0.29) is 17.6 Å². The number of halogens is 1. The van der Waals surface area contributed by atoms with Crippen LogP contribution < -0.4 is 10.2 Å². The highest BCUT2D eigenvalue weighted by Crippen LogP contribution is 2.43. The summed E-state index contributed by atoms with van der Waals surface area (Å²) < 4.78 is 21.0. The predicted octanol–water partition coefficient (Wildman–Crippen LogP) is 4.04. The molecule has 168 valence electrons. The molecule has 0 saturated heterocycles. The molecule has 2 heterocycles. The van der Waals surface area contributed by atoms with Crippen LogP contribution in [0.25, 0.3) is 10.9 Å². The molecule has 2 aromatic carbocycles. The van der Waals surface area contributed by atoms with Crippen molar-refractivity contribution in [3.63, 3.8) is 0 Å². The van der Waals surface area contributed by atoms with E-state index in [1.54, 1.807) is 12.1 Å². The number of nitrogens with zero attached hydrogens (tertiary/aromatic N) is 2. The van der Waals surface area contributed by atoms with Gasteiger partial charge in [0, 0.05) is 49.0 Å². The minimum absolute atomic E-state index is 0.183. The Morgan fingerprint density at radius 2 is 1.97 bits per heavy atom. The van der Waals surface area contributed by atoms with Gasteiger partial charge in [-0.2, -0.15) is 0 Å². The molecule has 1 aromatic heterocycles. The van der Waals surface area contributed by atoms with Gasteiger partial charge in [-0.3, -0.25) is 14.5 Å². The molecule has 4 rings (SSSR count). The number of aromatic nitrogens is 1. The fourth-order valence-corrected chi connectivity index (χ4v) is 5.15. The van der Waals surface area contributed by atoms with Gasteiger partial charge in [0.25, 0.3) is 0 Å². The Labute approximate surface area is 190 Å². The normalized spacial score (nSPS) is 16.2. The van der Waals surface area contributed by atoms with Gasteiger partial charge < -0.3 is 14.6 Å². The molecule has 1 aliphatic heterocycles. The van der Waals surface area contributed by atoms with Crippen LogP contribution in [0.15, 0.2) is 53.6 Å². The third-order valence-corrected chi connectivity index (χ3v) is 6.70. The fourth-order valence-electron chi connectivity index (χ4n) is 4.08. The molecule has 1 aliphatic rings. The van der Waals surface area contributed by atoms with Crippen molar-refractivity contribution in [2.75, 3.05) is 30.4 Å². The van der Waals surface area contributed by atoms with Crippen LogP contribution in [0, 0.1) is 5.82 Å². The van der Waals surface area contributed by atoms with E-state index < -0.39 is 11.9 Å². The van der Waals surface area contributed by atoms with Crippen molar-refractivity contribution in [2.45, 2.75) is 24.4 Å². The Kier molecular flexibility index (Phi) is 6.81. The Hall–Kier alpha value is -2.84. The van der Waals surface area contributed by atoms with Gasteiger partial charge >= 0.3 is 0 Å². The smallest absolute Gasteiger partial charge is 0.247 e. The van der Waals surface area contributed by atoms with Crippen LogP contribution in [0.4, 0.5) is 10.1 Å². The second-order valence-electron chi connectivity index (χ2n) is 7.57. The van der Waals surface area contributed by atoms with E-state index in [1.807, 2.05) is 42.8 Å². The third kappa shape index (κ3) is 4.25. The molecule has 0 aliphatic carbocycles. The van der Waals surface area contributed by atoms with Crippen LogP contribution in [0.5, 0.6) is 0 Å². The van der Waals surface area contributed by atoms with Crippen molar-refractivity contribution in [3.8, 4) is 0 Å². The molecule has 0 radical (unpaired) electrons. The molecule has 32 heavy (non-hydrogen) atoms. The average molecular weight is 456 g/mol. The van der Waals surface area contributed by atoms with Crippen LogP contribution in [0.2, 0.25) is 0 Å². The number of fused-ring (bicyclic) bond motifs is 3. The first-order valence-corrected chi connectivity index (χ1v) is 11.6. The van der Waals surface area contributed by atoms with Crippen LogP contribution in [0.1, 0.15) is 24.9 Å². The second-order valence-corrected chi connectivity index (χ2v) is 8.53. The average Bonchev–Trinajstić information content (AvgIpc) is 2.97. The molecule has 1 N–H and O–H groups in total. The number of thioether (sulfide) groups is 1. The lowest BCUT2D eigenvalue weighted by Crippen LogP contribution is -2.44. The van der Waals surface area contributed by atoms with Crippen LogP contribution in [-0.2, 0) is 21.4 Å². The minimum Gasteiger partial charge on any atom is -0.382 e. The number of rotatable bonds is 7. The first-order valence-electron chi connectivity index (χ1n) is 10.7. The summed E-state index contributed by atoms with van der Waals surface area (Å²) >= 11 is 1.43. The van der Waals surface area contributed by atoms with Crippen molar-refractivity contribution in [1.82, 2.24) is 9.88 Å². The Morgan fingerprint density at radius 3 is 2.72 bits per heavy atom. The largest absolute Gasteiger partial charge is 0.382 e. The minimum atomic E-state index is -0.865. The summed E-state index contributed by atoms with van der Waals surface area (Å²) in [5.74, 6) is -0.674. The lowest BCUT2D eigenvalue weighted by atomic mass is 10.0. The molecule has 8 heteroatoms. The van der Waals surface area contributed by atoms with E-state index in [2.05, 4.69) is 5.32 Å². The summed E-state index contributed by atoms with van der Waals surface area (Å²) in [5.41, 5.74) is 2.28. The lowest BCUT2D eigenvalue weighted by Gasteiger charge is -2.30. The zero-order chi connectivity index (χ0) is 22.7. The molecule has 3 aromatic rings. The summed E-state index contributed by atoms with van der Waals surface area (Å²) in [4.78, 5) is 28.3. The Bertz CT molecular complexity index is 1130. The quantitative estimate of drug-likeness (QED) is 0.546. The number of nitrogens with one attached hydrogen (secondary N) is 1. The van der Waals surface area contributed by atoms with E-state index >= 15 is 0 Å². The molecule has 1 atom stereocenters. The first-order chi connectivity index (χ1) is 15.5. The topological polar surface area (TPSA) is 63.6 Å². The maximum absolute atomic E-state index is 13.6. The number of ether oxygens (including phenoxy) is 1. The first kappa shape index (κ1) is 22.4. The van der Waals surface area contributed by atoms with E-state index in [4.69, 9.17) is 4.74 Å². The van der Waals surface area contributed by atoms with Gasteiger partial charge in [0.15, 0.2) is 0 Å². The fraction of sp³-hybridized carbons (Fsp3) is 0.333. The number of amides is 2. The SMILES string of the molecule is CCOCCCNC(=O)[C@H]1c2c(n(C)c3ccccc23)SCC(=O)N1c1ccc(F)cc1. The maximum atomic E-state index is 13.6.